The molecule has 1 aliphatic heterocycles. The molecule has 6 heteroatoms. The van der Waals surface area contributed by atoms with Crippen LogP contribution in [-0.4, -0.2) is 74.3 Å². The van der Waals surface area contributed by atoms with Crippen molar-refractivity contribution in [3.63, 3.8) is 0 Å². The molecule has 1 heterocycles. The molecule has 154 valence electrons. The fourth-order valence-corrected chi connectivity index (χ4v) is 4.90. The van der Waals surface area contributed by atoms with Gasteiger partial charge < -0.3 is 9.80 Å². The lowest BCUT2D eigenvalue weighted by atomic mass is 9.84. The van der Waals surface area contributed by atoms with Gasteiger partial charge in [0.05, 0.1) is 0 Å². The maximum atomic E-state index is 11.3. The van der Waals surface area contributed by atoms with Crippen molar-refractivity contribution < 1.29 is 10.0 Å². The fourth-order valence-electron chi connectivity index (χ4n) is 4.90. The van der Waals surface area contributed by atoms with E-state index in [0.717, 1.165) is 37.4 Å². The zero-order valence-corrected chi connectivity index (χ0v) is 17.2. The van der Waals surface area contributed by atoms with E-state index in [0.29, 0.717) is 5.41 Å². The molecule has 0 spiro atoms. The van der Waals surface area contributed by atoms with Crippen LogP contribution in [0, 0.1) is 5.41 Å². The highest BCUT2D eigenvalue weighted by atomic mass is 16.5. The molecular formula is C22H34N4O2. The Hall–Kier alpha value is -1.89. The van der Waals surface area contributed by atoms with Gasteiger partial charge in [-0.2, -0.15) is 0 Å². The van der Waals surface area contributed by atoms with Crippen molar-refractivity contribution in [2.24, 2.45) is 5.41 Å². The zero-order valence-electron chi connectivity index (χ0n) is 17.2. The Labute approximate surface area is 168 Å². The summed E-state index contributed by atoms with van der Waals surface area (Å²) < 4.78 is 0. The number of hydrogen-bond donors (Lipinski definition) is 2. The van der Waals surface area contributed by atoms with Crippen molar-refractivity contribution in [2.75, 3.05) is 58.3 Å². The van der Waals surface area contributed by atoms with Crippen molar-refractivity contribution in [3.05, 3.63) is 35.9 Å². The molecule has 0 bridgehead atoms. The summed E-state index contributed by atoms with van der Waals surface area (Å²) in [6.07, 6.45) is 8.57. The van der Waals surface area contributed by atoms with Crippen LogP contribution in [0.4, 0.5) is 5.69 Å². The van der Waals surface area contributed by atoms with Gasteiger partial charge >= 0.3 is 0 Å². The maximum Gasteiger partial charge on any atom is 0.267 e. The first-order valence-corrected chi connectivity index (χ1v) is 10.3. The van der Waals surface area contributed by atoms with Crippen molar-refractivity contribution in [3.8, 4) is 0 Å². The number of hydrogen-bond acceptors (Lipinski definition) is 5. The Morgan fingerprint density at radius 2 is 1.86 bits per heavy atom. The molecule has 1 saturated carbocycles. The predicted octanol–water partition coefficient (Wildman–Crippen LogP) is 2.45. The number of benzene rings is 1. The van der Waals surface area contributed by atoms with Crippen LogP contribution < -0.4 is 10.4 Å². The van der Waals surface area contributed by atoms with Crippen LogP contribution in [0.5, 0.6) is 0 Å². The number of nitrogens with one attached hydrogen (secondary N) is 1. The third-order valence-corrected chi connectivity index (χ3v) is 6.05. The first-order valence-electron chi connectivity index (χ1n) is 10.3. The summed E-state index contributed by atoms with van der Waals surface area (Å²) in [5.41, 5.74) is 4.25. The second kappa shape index (κ2) is 9.54. The zero-order chi connectivity index (χ0) is 20.0. The average Bonchev–Trinajstić information content (AvgIpc) is 3.14. The first kappa shape index (κ1) is 20.8. The highest BCUT2D eigenvalue weighted by Gasteiger charge is 2.36. The third-order valence-electron chi connectivity index (χ3n) is 6.05. The summed E-state index contributed by atoms with van der Waals surface area (Å²) in [4.78, 5) is 18.7. The molecule has 1 aliphatic carbocycles. The van der Waals surface area contributed by atoms with Gasteiger partial charge in [-0.25, -0.2) is 5.48 Å². The number of amides is 1. The van der Waals surface area contributed by atoms with Gasteiger partial charge in [-0.1, -0.05) is 31.0 Å². The minimum Gasteiger partial charge on any atom is -0.368 e. The van der Waals surface area contributed by atoms with Gasteiger partial charge in [-0.05, 0) is 50.1 Å². The largest absolute Gasteiger partial charge is 0.368 e. The Kier molecular flexibility index (Phi) is 7.10. The van der Waals surface area contributed by atoms with E-state index >= 15 is 0 Å². The highest BCUT2D eigenvalue weighted by molar-refractivity contribution is 5.91. The molecule has 1 amide bonds. The average molecular weight is 387 g/mol. The molecule has 28 heavy (non-hydrogen) atoms. The molecule has 0 aromatic heterocycles. The number of nitrogens with zero attached hydrogens (tertiary/aromatic N) is 3. The van der Waals surface area contributed by atoms with Gasteiger partial charge in [-0.3, -0.25) is 14.9 Å². The maximum absolute atomic E-state index is 11.3. The van der Waals surface area contributed by atoms with Crippen molar-refractivity contribution in [1.29, 1.82) is 0 Å². The SMILES string of the molecule is CN(C)CC1(CN2CCN(c3ccccc3/C=C/C(=O)NO)CC2)CCCC1. The molecule has 2 fully saturated rings. The fraction of sp³-hybridized carbons (Fsp3) is 0.591. The second-order valence-corrected chi connectivity index (χ2v) is 8.58. The van der Waals surface area contributed by atoms with Gasteiger partial charge in [0.2, 0.25) is 0 Å². The van der Waals surface area contributed by atoms with E-state index < -0.39 is 5.91 Å². The van der Waals surface area contributed by atoms with Crippen LogP contribution in [0.3, 0.4) is 0 Å². The van der Waals surface area contributed by atoms with Gasteiger partial charge in [0.15, 0.2) is 0 Å². The number of carbonyl (C=O) groups is 1. The van der Waals surface area contributed by atoms with Gasteiger partial charge in [0.25, 0.3) is 5.91 Å². The molecular weight excluding hydrogens is 352 g/mol. The molecule has 1 aromatic carbocycles. The Morgan fingerprint density at radius 1 is 1.18 bits per heavy atom. The monoisotopic (exact) mass is 386 g/mol. The van der Waals surface area contributed by atoms with E-state index in [1.54, 1.807) is 11.6 Å². The number of piperazine rings is 1. The van der Waals surface area contributed by atoms with Gasteiger partial charge in [-0.15, -0.1) is 0 Å². The highest BCUT2D eigenvalue weighted by Crippen LogP contribution is 2.39. The molecule has 6 nitrogen and oxygen atoms in total. The molecule has 0 atom stereocenters. The van der Waals surface area contributed by atoms with Crippen molar-refractivity contribution in [2.45, 2.75) is 25.7 Å². The molecule has 1 saturated heterocycles. The molecule has 0 unspecified atom stereocenters. The molecule has 1 aromatic rings. The van der Waals surface area contributed by atoms with E-state index in [1.807, 2.05) is 18.2 Å². The standard InChI is InChI=1S/C22H34N4O2/c1-24(2)17-22(11-5-6-12-22)18-25-13-15-26(16-14-25)20-8-4-3-7-19(20)9-10-21(27)23-28/h3-4,7-10,28H,5-6,11-18H2,1-2H3,(H,23,27)/b10-9+. The number of rotatable bonds is 7. The third kappa shape index (κ3) is 5.34. The lowest BCUT2D eigenvalue weighted by molar-refractivity contribution is -0.124. The summed E-state index contributed by atoms with van der Waals surface area (Å²) in [6.45, 7) is 6.53. The van der Waals surface area contributed by atoms with E-state index in [9.17, 15) is 4.79 Å². The summed E-state index contributed by atoms with van der Waals surface area (Å²) in [7, 11) is 4.39. The Morgan fingerprint density at radius 3 is 2.50 bits per heavy atom. The summed E-state index contributed by atoms with van der Waals surface area (Å²) in [6, 6.07) is 8.13. The number of anilines is 1. The lowest BCUT2D eigenvalue weighted by Gasteiger charge is -2.42. The minimum absolute atomic E-state index is 0.462. The van der Waals surface area contributed by atoms with E-state index in [-0.39, 0.29) is 0 Å². The molecule has 3 rings (SSSR count). The Balaban J connectivity index is 1.61. The molecule has 2 aliphatic rings. The van der Waals surface area contributed by atoms with Gasteiger partial charge in [0, 0.05) is 51.0 Å². The van der Waals surface area contributed by atoms with Crippen LogP contribution in [0.15, 0.2) is 30.3 Å². The first-order chi connectivity index (χ1) is 13.5. The van der Waals surface area contributed by atoms with Crippen molar-refractivity contribution >= 4 is 17.7 Å². The molecule has 2 N–H and O–H groups in total. The van der Waals surface area contributed by atoms with E-state index in [4.69, 9.17) is 5.21 Å². The smallest absolute Gasteiger partial charge is 0.267 e. The van der Waals surface area contributed by atoms with Crippen LogP contribution in [0.25, 0.3) is 6.08 Å². The minimum atomic E-state index is -0.512. The molecule has 0 radical (unpaired) electrons. The Bertz CT molecular complexity index is 675. The lowest BCUT2D eigenvalue weighted by Crippen LogP contribution is -2.51. The quantitative estimate of drug-likeness (QED) is 0.428. The second-order valence-electron chi connectivity index (χ2n) is 8.58. The van der Waals surface area contributed by atoms with E-state index in [2.05, 4.69) is 34.9 Å². The number of para-hydroxylation sites is 1. The van der Waals surface area contributed by atoms with Crippen LogP contribution in [-0.2, 0) is 4.79 Å². The predicted molar refractivity (Wildman–Crippen MR) is 114 cm³/mol. The van der Waals surface area contributed by atoms with Crippen LogP contribution in [0.2, 0.25) is 0 Å². The summed E-state index contributed by atoms with van der Waals surface area (Å²) in [5, 5.41) is 8.68. The van der Waals surface area contributed by atoms with Gasteiger partial charge in [0.1, 0.15) is 0 Å². The van der Waals surface area contributed by atoms with Crippen LogP contribution in [0.1, 0.15) is 31.2 Å². The number of hydroxylamine groups is 1. The summed E-state index contributed by atoms with van der Waals surface area (Å²) >= 11 is 0. The van der Waals surface area contributed by atoms with Crippen molar-refractivity contribution in [1.82, 2.24) is 15.3 Å². The summed E-state index contributed by atoms with van der Waals surface area (Å²) in [5.74, 6) is -0.512. The van der Waals surface area contributed by atoms with Crippen LogP contribution >= 0.6 is 0 Å². The topological polar surface area (TPSA) is 59.0 Å². The normalized spacial score (nSPS) is 20.2. The van der Waals surface area contributed by atoms with E-state index in [1.165, 1.54) is 44.8 Å². The number of carbonyl (C=O) groups excluding carboxylic acids is 1.